The second-order valence-corrected chi connectivity index (χ2v) is 9.47. The van der Waals surface area contributed by atoms with E-state index < -0.39 is 12.0 Å². The zero-order valence-corrected chi connectivity index (χ0v) is 21.2. The third kappa shape index (κ3) is 4.75. The Morgan fingerprint density at radius 1 is 1.15 bits per heavy atom. The lowest BCUT2D eigenvalue weighted by atomic mass is 9.95. The summed E-state index contributed by atoms with van der Waals surface area (Å²) in [6.45, 7) is 9.30. The highest BCUT2D eigenvalue weighted by Crippen LogP contribution is 2.36. The van der Waals surface area contributed by atoms with Gasteiger partial charge in [-0.3, -0.25) is 4.79 Å². The third-order valence-electron chi connectivity index (χ3n) is 5.42. The topological polar surface area (TPSA) is 98.1 Å². The molecule has 34 heavy (non-hydrogen) atoms. The Morgan fingerprint density at radius 2 is 1.91 bits per heavy atom. The standard InChI is InChI=1S/C25H26BrN5O3/c1-13(2)34-24(33)22-29-25-27-16(5)20(23(32)28-19-10-9-14(3)11-15(19)4)21(31(25)30-22)17-7-6-8-18(26)12-17/h6-13,21H,1-5H3,(H,28,32)(H,27,29,30)/t21-/m1/s1. The number of aryl methyl sites for hydroxylation is 2. The van der Waals surface area contributed by atoms with E-state index in [4.69, 9.17) is 4.74 Å². The summed E-state index contributed by atoms with van der Waals surface area (Å²) in [5.41, 5.74) is 4.72. The van der Waals surface area contributed by atoms with Gasteiger partial charge in [0.1, 0.15) is 6.04 Å². The molecule has 0 unspecified atom stereocenters. The average Bonchev–Trinajstić information content (AvgIpc) is 3.18. The fourth-order valence-electron chi connectivity index (χ4n) is 3.93. The summed E-state index contributed by atoms with van der Waals surface area (Å²) in [5.74, 6) is -0.596. The van der Waals surface area contributed by atoms with Crippen molar-refractivity contribution in [2.45, 2.75) is 46.8 Å². The van der Waals surface area contributed by atoms with Crippen molar-refractivity contribution in [1.29, 1.82) is 0 Å². The zero-order chi connectivity index (χ0) is 24.6. The quantitative estimate of drug-likeness (QED) is 0.448. The minimum atomic E-state index is -0.620. The maximum absolute atomic E-state index is 13.6. The van der Waals surface area contributed by atoms with E-state index in [0.29, 0.717) is 17.2 Å². The van der Waals surface area contributed by atoms with Crippen molar-refractivity contribution in [3.05, 3.63) is 80.7 Å². The van der Waals surface area contributed by atoms with E-state index in [2.05, 4.69) is 36.6 Å². The molecule has 0 saturated heterocycles. The molecule has 8 nitrogen and oxygen atoms in total. The second kappa shape index (κ2) is 9.42. The van der Waals surface area contributed by atoms with Gasteiger partial charge in [-0.15, -0.1) is 5.10 Å². The molecule has 0 radical (unpaired) electrons. The molecule has 3 aromatic rings. The minimum Gasteiger partial charge on any atom is -0.457 e. The van der Waals surface area contributed by atoms with Gasteiger partial charge in [0.05, 0.1) is 11.7 Å². The van der Waals surface area contributed by atoms with Crippen molar-refractivity contribution in [2.24, 2.45) is 0 Å². The molecule has 2 aromatic carbocycles. The Morgan fingerprint density at radius 3 is 2.59 bits per heavy atom. The smallest absolute Gasteiger partial charge is 0.378 e. The maximum atomic E-state index is 13.6. The van der Waals surface area contributed by atoms with Gasteiger partial charge in [-0.05, 0) is 63.9 Å². The molecule has 0 bridgehead atoms. The number of nitrogens with zero attached hydrogens (tertiary/aromatic N) is 3. The first-order chi connectivity index (χ1) is 16.1. The minimum absolute atomic E-state index is 0.0694. The van der Waals surface area contributed by atoms with Crippen molar-refractivity contribution >= 4 is 39.4 Å². The average molecular weight is 524 g/mol. The van der Waals surface area contributed by atoms with Gasteiger partial charge < -0.3 is 15.4 Å². The largest absolute Gasteiger partial charge is 0.457 e. The maximum Gasteiger partial charge on any atom is 0.378 e. The molecule has 0 saturated carbocycles. The van der Waals surface area contributed by atoms with Gasteiger partial charge in [-0.25, -0.2) is 9.48 Å². The first-order valence-corrected chi connectivity index (χ1v) is 11.7. The number of rotatable bonds is 5. The van der Waals surface area contributed by atoms with Crippen LogP contribution in [-0.2, 0) is 9.53 Å². The number of carbonyl (C=O) groups is 2. The molecule has 0 spiro atoms. The van der Waals surface area contributed by atoms with Crippen LogP contribution in [0, 0.1) is 13.8 Å². The Labute approximate surface area is 206 Å². The lowest BCUT2D eigenvalue weighted by Crippen LogP contribution is -2.31. The van der Waals surface area contributed by atoms with E-state index in [1.54, 1.807) is 18.5 Å². The molecule has 9 heteroatoms. The first kappa shape index (κ1) is 23.7. The van der Waals surface area contributed by atoms with Crippen molar-refractivity contribution in [3.8, 4) is 0 Å². The van der Waals surface area contributed by atoms with Crippen LogP contribution in [0.15, 0.2) is 58.2 Å². The van der Waals surface area contributed by atoms with Crippen LogP contribution in [-0.4, -0.2) is 32.7 Å². The Bertz CT molecular complexity index is 1310. The molecular formula is C25H26BrN5O3. The first-order valence-electron chi connectivity index (χ1n) is 10.9. The third-order valence-corrected chi connectivity index (χ3v) is 5.91. The summed E-state index contributed by atoms with van der Waals surface area (Å²) in [4.78, 5) is 30.4. The number of esters is 1. The Balaban J connectivity index is 1.78. The van der Waals surface area contributed by atoms with Crippen molar-refractivity contribution in [1.82, 2.24) is 14.8 Å². The normalized spacial score (nSPS) is 15.1. The number of amides is 1. The van der Waals surface area contributed by atoms with Crippen LogP contribution in [0.2, 0.25) is 0 Å². The Kier molecular flexibility index (Phi) is 6.56. The predicted octanol–water partition coefficient (Wildman–Crippen LogP) is 5.15. The van der Waals surface area contributed by atoms with Gasteiger partial charge in [0.2, 0.25) is 5.95 Å². The SMILES string of the molecule is CC1=C(C(=O)Nc2ccc(C)cc2C)[C@@H](c2cccc(Br)c2)n2nc(C(=O)OC(C)C)nc2N1. The molecule has 0 fully saturated rings. The number of nitrogens with one attached hydrogen (secondary N) is 2. The molecule has 2 N–H and O–H groups in total. The van der Waals surface area contributed by atoms with E-state index >= 15 is 0 Å². The lowest BCUT2D eigenvalue weighted by molar-refractivity contribution is -0.113. The van der Waals surface area contributed by atoms with Gasteiger partial charge in [0.25, 0.3) is 11.7 Å². The van der Waals surface area contributed by atoms with Crippen LogP contribution in [0.4, 0.5) is 11.6 Å². The van der Waals surface area contributed by atoms with Gasteiger partial charge >= 0.3 is 5.97 Å². The number of halogens is 1. The fourth-order valence-corrected chi connectivity index (χ4v) is 4.34. The molecule has 4 rings (SSSR count). The fraction of sp³-hybridized carbons (Fsp3) is 0.280. The number of ether oxygens (including phenoxy) is 1. The van der Waals surface area contributed by atoms with Crippen LogP contribution >= 0.6 is 15.9 Å². The molecule has 1 aromatic heterocycles. The van der Waals surface area contributed by atoms with Gasteiger partial charge in [-0.1, -0.05) is 45.8 Å². The van der Waals surface area contributed by atoms with Gasteiger partial charge in [0.15, 0.2) is 0 Å². The van der Waals surface area contributed by atoms with Crippen molar-refractivity contribution in [3.63, 3.8) is 0 Å². The number of allylic oxidation sites excluding steroid dienone is 1. The summed E-state index contributed by atoms with van der Waals surface area (Å²) in [5, 5.41) is 10.6. The van der Waals surface area contributed by atoms with E-state index in [-0.39, 0.29) is 17.8 Å². The van der Waals surface area contributed by atoms with Gasteiger partial charge in [0, 0.05) is 15.9 Å². The highest BCUT2D eigenvalue weighted by atomic mass is 79.9. The highest BCUT2D eigenvalue weighted by Gasteiger charge is 2.35. The summed E-state index contributed by atoms with van der Waals surface area (Å²) in [6.07, 6.45) is -0.305. The van der Waals surface area contributed by atoms with E-state index in [1.807, 2.05) is 63.2 Å². The van der Waals surface area contributed by atoms with E-state index in [1.165, 1.54) is 0 Å². The van der Waals surface area contributed by atoms with E-state index in [9.17, 15) is 9.59 Å². The number of anilines is 2. The summed E-state index contributed by atoms with van der Waals surface area (Å²) < 4.78 is 7.69. The molecule has 176 valence electrons. The van der Waals surface area contributed by atoms with Crippen molar-refractivity contribution < 1.29 is 14.3 Å². The van der Waals surface area contributed by atoms with Crippen LogP contribution < -0.4 is 10.6 Å². The number of carbonyl (C=O) groups excluding carboxylic acids is 2. The second-order valence-electron chi connectivity index (χ2n) is 8.55. The molecule has 1 amide bonds. The highest BCUT2D eigenvalue weighted by molar-refractivity contribution is 9.10. The number of hydrogen-bond donors (Lipinski definition) is 2. The van der Waals surface area contributed by atoms with Crippen LogP contribution in [0.3, 0.4) is 0 Å². The monoisotopic (exact) mass is 523 g/mol. The summed E-state index contributed by atoms with van der Waals surface area (Å²) in [6, 6.07) is 12.9. The molecular weight excluding hydrogens is 498 g/mol. The van der Waals surface area contributed by atoms with Crippen LogP contribution in [0.25, 0.3) is 0 Å². The number of fused-ring (bicyclic) bond motifs is 1. The summed E-state index contributed by atoms with van der Waals surface area (Å²) >= 11 is 3.51. The summed E-state index contributed by atoms with van der Waals surface area (Å²) in [7, 11) is 0. The lowest BCUT2D eigenvalue weighted by Gasteiger charge is -2.29. The molecule has 2 heterocycles. The predicted molar refractivity (Wildman–Crippen MR) is 134 cm³/mol. The van der Waals surface area contributed by atoms with E-state index in [0.717, 1.165) is 26.9 Å². The molecule has 1 aliphatic heterocycles. The number of hydrogen-bond acceptors (Lipinski definition) is 6. The Hall–Kier alpha value is -3.46. The van der Waals surface area contributed by atoms with Gasteiger partial charge in [-0.2, -0.15) is 4.98 Å². The number of benzene rings is 2. The number of aromatic nitrogens is 3. The van der Waals surface area contributed by atoms with Crippen LogP contribution in [0.5, 0.6) is 0 Å². The molecule has 1 atom stereocenters. The molecule has 1 aliphatic rings. The molecule has 0 aliphatic carbocycles. The van der Waals surface area contributed by atoms with Crippen LogP contribution in [0.1, 0.15) is 54.1 Å². The van der Waals surface area contributed by atoms with Crippen molar-refractivity contribution in [2.75, 3.05) is 10.6 Å². The zero-order valence-electron chi connectivity index (χ0n) is 19.6.